The van der Waals surface area contributed by atoms with Crippen LogP contribution >= 0.6 is 0 Å². The van der Waals surface area contributed by atoms with Gasteiger partial charge < -0.3 is 19.7 Å². The first-order valence-electron chi connectivity index (χ1n) is 12.9. The van der Waals surface area contributed by atoms with Crippen LogP contribution in [0.5, 0.6) is 0 Å². The van der Waals surface area contributed by atoms with Gasteiger partial charge in [0.2, 0.25) is 0 Å². The Balaban J connectivity index is 1.13. The Labute approximate surface area is 222 Å². The summed E-state index contributed by atoms with van der Waals surface area (Å²) in [7, 11) is 0. The number of hydrogen-bond acceptors (Lipinski definition) is 7. The van der Waals surface area contributed by atoms with E-state index < -0.39 is 5.97 Å². The standard InChI is InChI=1S/C31H30N2O5/c1-21(34)27(22-6-3-2-4-7-22)20-33-15-13-24-19-26(9-11-29(24)33)31(36)38-17-5-16-37-30(35)25-8-10-28-23(18-25)12-14-32-28/h2-4,6-11,18-20,32H,5,12-17H2,1H3/b27-20+. The molecule has 7 nitrogen and oxygen atoms in total. The maximum absolute atomic E-state index is 12.6. The van der Waals surface area contributed by atoms with Crippen LogP contribution in [-0.4, -0.2) is 44.0 Å². The highest BCUT2D eigenvalue weighted by Crippen LogP contribution is 2.31. The summed E-state index contributed by atoms with van der Waals surface area (Å²) in [6, 6.07) is 20.6. The quantitative estimate of drug-likeness (QED) is 0.245. The average Bonchev–Trinajstić information content (AvgIpc) is 3.57. The number of nitrogens with one attached hydrogen (secondary N) is 1. The van der Waals surface area contributed by atoms with Gasteiger partial charge in [-0.2, -0.15) is 0 Å². The number of fused-ring (bicyclic) bond motifs is 2. The van der Waals surface area contributed by atoms with Crippen molar-refractivity contribution in [3.8, 4) is 0 Å². The van der Waals surface area contributed by atoms with Gasteiger partial charge in [0.15, 0.2) is 5.78 Å². The molecule has 1 N–H and O–H groups in total. The molecule has 0 saturated heterocycles. The third-order valence-electron chi connectivity index (χ3n) is 6.80. The fourth-order valence-corrected chi connectivity index (χ4v) is 4.82. The minimum absolute atomic E-state index is 0.0000953. The van der Waals surface area contributed by atoms with Crippen molar-refractivity contribution >= 4 is 34.7 Å². The molecule has 0 fully saturated rings. The highest BCUT2D eigenvalue weighted by molar-refractivity contribution is 6.19. The fourth-order valence-electron chi connectivity index (χ4n) is 4.82. The van der Waals surface area contributed by atoms with E-state index in [0.717, 1.165) is 54.0 Å². The first-order valence-corrected chi connectivity index (χ1v) is 12.9. The molecule has 0 saturated carbocycles. The summed E-state index contributed by atoms with van der Waals surface area (Å²) >= 11 is 0. The summed E-state index contributed by atoms with van der Waals surface area (Å²) in [5, 5.41) is 3.27. The molecule has 0 aromatic heterocycles. The van der Waals surface area contributed by atoms with Gasteiger partial charge >= 0.3 is 11.9 Å². The Morgan fingerprint density at radius 2 is 1.53 bits per heavy atom. The van der Waals surface area contributed by atoms with Crippen molar-refractivity contribution in [3.63, 3.8) is 0 Å². The number of Topliss-reactive ketones (excluding diaryl/α,β-unsaturated/α-hetero) is 1. The lowest BCUT2D eigenvalue weighted by molar-refractivity contribution is -0.111. The number of nitrogens with zero attached hydrogens (tertiary/aromatic N) is 1. The molecule has 38 heavy (non-hydrogen) atoms. The van der Waals surface area contributed by atoms with Crippen LogP contribution in [0.4, 0.5) is 11.4 Å². The highest BCUT2D eigenvalue weighted by Gasteiger charge is 2.21. The zero-order chi connectivity index (χ0) is 26.5. The molecular weight excluding hydrogens is 480 g/mol. The van der Waals surface area contributed by atoms with Crippen molar-refractivity contribution in [1.82, 2.24) is 0 Å². The smallest absolute Gasteiger partial charge is 0.338 e. The van der Waals surface area contributed by atoms with E-state index in [1.165, 1.54) is 0 Å². The molecule has 7 heteroatoms. The van der Waals surface area contributed by atoms with E-state index in [1.54, 1.807) is 19.1 Å². The van der Waals surface area contributed by atoms with Crippen molar-refractivity contribution < 1.29 is 23.9 Å². The number of carbonyl (C=O) groups is 3. The molecule has 0 unspecified atom stereocenters. The van der Waals surface area contributed by atoms with Gasteiger partial charge in [0.25, 0.3) is 0 Å². The number of allylic oxidation sites excluding steroid dienone is 1. The van der Waals surface area contributed by atoms with E-state index in [9.17, 15) is 14.4 Å². The maximum atomic E-state index is 12.6. The maximum Gasteiger partial charge on any atom is 0.338 e. The van der Waals surface area contributed by atoms with Gasteiger partial charge in [-0.05, 0) is 72.9 Å². The molecule has 2 aliphatic heterocycles. The van der Waals surface area contributed by atoms with Crippen molar-refractivity contribution in [2.24, 2.45) is 0 Å². The van der Waals surface area contributed by atoms with Crippen LogP contribution in [0.1, 0.15) is 50.8 Å². The Hall–Kier alpha value is -4.39. The van der Waals surface area contributed by atoms with Crippen molar-refractivity contribution in [2.45, 2.75) is 26.2 Å². The molecule has 0 radical (unpaired) electrons. The Kier molecular flexibility index (Phi) is 7.54. The minimum atomic E-state index is -0.409. The molecule has 0 amide bonds. The summed E-state index contributed by atoms with van der Waals surface area (Å²) in [4.78, 5) is 39.3. The van der Waals surface area contributed by atoms with E-state index in [1.807, 2.05) is 60.8 Å². The summed E-state index contributed by atoms with van der Waals surface area (Å²) in [5.41, 5.74) is 6.74. The van der Waals surface area contributed by atoms with Gasteiger partial charge in [-0.15, -0.1) is 0 Å². The first kappa shape index (κ1) is 25.3. The van der Waals surface area contributed by atoms with E-state index in [2.05, 4.69) is 10.2 Å². The lowest BCUT2D eigenvalue weighted by Crippen LogP contribution is -2.14. The molecule has 2 aliphatic rings. The third-order valence-corrected chi connectivity index (χ3v) is 6.80. The lowest BCUT2D eigenvalue weighted by Gasteiger charge is -2.17. The Morgan fingerprint density at radius 3 is 2.24 bits per heavy atom. The van der Waals surface area contributed by atoms with Crippen molar-refractivity contribution in [1.29, 1.82) is 0 Å². The predicted molar refractivity (Wildman–Crippen MR) is 146 cm³/mol. The van der Waals surface area contributed by atoms with Gasteiger partial charge in [-0.1, -0.05) is 30.3 Å². The van der Waals surface area contributed by atoms with E-state index >= 15 is 0 Å². The predicted octanol–water partition coefficient (Wildman–Crippen LogP) is 5.05. The number of carbonyl (C=O) groups excluding carboxylic acids is 3. The van der Waals surface area contributed by atoms with E-state index in [4.69, 9.17) is 9.47 Å². The molecule has 194 valence electrons. The average molecular weight is 511 g/mol. The monoisotopic (exact) mass is 510 g/mol. The molecule has 0 spiro atoms. The van der Waals surface area contributed by atoms with Gasteiger partial charge in [0, 0.05) is 42.7 Å². The first-order chi connectivity index (χ1) is 18.5. The molecule has 0 aliphatic carbocycles. The summed E-state index contributed by atoms with van der Waals surface area (Å²) in [6.45, 7) is 3.51. The van der Waals surface area contributed by atoms with Gasteiger partial charge in [0.1, 0.15) is 0 Å². The second kappa shape index (κ2) is 11.3. The molecular formula is C31H30N2O5. The molecule has 0 atom stereocenters. The Bertz CT molecular complexity index is 1400. The summed E-state index contributed by atoms with van der Waals surface area (Å²) in [5.74, 6) is -0.781. The Morgan fingerprint density at radius 1 is 0.842 bits per heavy atom. The number of esters is 2. The lowest BCUT2D eigenvalue weighted by atomic mass is 10.0. The fraction of sp³-hybridized carbons (Fsp3) is 0.258. The van der Waals surface area contributed by atoms with Crippen molar-refractivity contribution in [2.75, 3.05) is 36.5 Å². The van der Waals surface area contributed by atoms with E-state index in [0.29, 0.717) is 23.1 Å². The molecule has 3 aromatic rings. The molecule has 2 heterocycles. The normalized spacial score (nSPS) is 13.9. The van der Waals surface area contributed by atoms with Crippen LogP contribution in [-0.2, 0) is 27.1 Å². The summed E-state index contributed by atoms with van der Waals surface area (Å²) < 4.78 is 10.8. The van der Waals surface area contributed by atoms with Crippen LogP contribution in [0, 0.1) is 0 Å². The van der Waals surface area contributed by atoms with Crippen LogP contribution < -0.4 is 10.2 Å². The van der Waals surface area contributed by atoms with Crippen molar-refractivity contribution in [3.05, 3.63) is 101 Å². The number of ketones is 1. The SMILES string of the molecule is CC(=O)/C(=C\N1CCc2cc(C(=O)OCCCOC(=O)c3ccc4c(c3)CCN4)ccc21)c1ccccc1. The second-order valence-electron chi connectivity index (χ2n) is 9.43. The number of benzene rings is 3. The van der Waals surface area contributed by atoms with Crippen LogP contribution in [0.15, 0.2) is 72.9 Å². The molecule has 3 aromatic carbocycles. The number of hydrogen-bond donors (Lipinski definition) is 1. The van der Waals surface area contributed by atoms with Gasteiger partial charge in [-0.25, -0.2) is 9.59 Å². The van der Waals surface area contributed by atoms with Gasteiger partial charge in [-0.3, -0.25) is 4.79 Å². The molecule has 5 rings (SSSR count). The van der Waals surface area contributed by atoms with E-state index in [-0.39, 0.29) is 25.0 Å². The minimum Gasteiger partial charge on any atom is -0.462 e. The third kappa shape index (κ3) is 5.62. The van der Waals surface area contributed by atoms with Crippen LogP contribution in [0.3, 0.4) is 0 Å². The molecule has 0 bridgehead atoms. The van der Waals surface area contributed by atoms with Crippen LogP contribution in [0.25, 0.3) is 5.57 Å². The zero-order valence-corrected chi connectivity index (χ0v) is 21.4. The number of rotatable bonds is 9. The zero-order valence-electron chi connectivity index (χ0n) is 21.4. The largest absolute Gasteiger partial charge is 0.462 e. The topological polar surface area (TPSA) is 84.9 Å². The number of ether oxygens (including phenoxy) is 2. The summed E-state index contributed by atoms with van der Waals surface area (Å²) in [6.07, 6.45) is 3.97. The number of anilines is 2. The highest BCUT2D eigenvalue weighted by atomic mass is 16.5. The van der Waals surface area contributed by atoms with Crippen LogP contribution in [0.2, 0.25) is 0 Å². The van der Waals surface area contributed by atoms with Gasteiger partial charge in [0.05, 0.1) is 24.3 Å². The second-order valence-corrected chi connectivity index (χ2v) is 9.43.